The van der Waals surface area contributed by atoms with Crippen LogP contribution in [0.5, 0.6) is 0 Å². The Morgan fingerprint density at radius 2 is 2.04 bits per heavy atom. The quantitative estimate of drug-likeness (QED) is 0.738. The van der Waals surface area contributed by atoms with E-state index in [0.29, 0.717) is 47.1 Å². The fourth-order valence-corrected chi connectivity index (χ4v) is 3.23. The molecule has 6 nitrogen and oxygen atoms in total. The van der Waals surface area contributed by atoms with Crippen molar-refractivity contribution < 1.29 is 9.53 Å². The molecule has 1 aliphatic heterocycles. The molecular formula is C19H20Cl2N4O2. The van der Waals surface area contributed by atoms with E-state index in [4.69, 9.17) is 27.9 Å². The number of nitrogens with zero attached hydrogens (tertiary/aromatic N) is 3. The van der Waals surface area contributed by atoms with Crippen LogP contribution in [0, 0.1) is 0 Å². The van der Waals surface area contributed by atoms with Crippen molar-refractivity contribution in [3.8, 4) is 0 Å². The zero-order valence-corrected chi connectivity index (χ0v) is 16.4. The van der Waals surface area contributed by atoms with Gasteiger partial charge in [0, 0.05) is 26.5 Å². The van der Waals surface area contributed by atoms with Crippen molar-refractivity contribution in [1.82, 2.24) is 9.88 Å². The Hall–Kier alpha value is -2.15. The van der Waals surface area contributed by atoms with Crippen molar-refractivity contribution in [2.45, 2.75) is 12.8 Å². The second-order valence-corrected chi connectivity index (χ2v) is 6.85. The average Bonchev–Trinajstić information content (AvgIpc) is 3.13. The summed E-state index contributed by atoms with van der Waals surface area (Å²) in [4.78, 5) is 23.1. The lowest BCUT2D eigenvalue weighted by Gasteiger charge is -2.20. The zero-order valence-electron chi connectivity index (χ0n) is 14.9. The van der Waals surface area contributed by atoms with Crippen LogP contribution in [0.2, 0.25) is 10.0 Å². The van der Waals surface area contributed by atoms with Gasteiger partial charge in [0.05, 0.1) is 22.3 Å². The van der Waals surface area contributed by atoms with Gasteiger partial charge in [0.1, 0.15) is 5.69 Å². The largest absolute Gasteiger partial charge is 0.385 e. The van der Waals surface area contributed by atoms with Gasteiger partial charge < -0.3 is 10.1 Å². The molecule has 0 fully saturated rings. The highest BCUT2D eigenvalue weighted by Gasteiger charge is 2.26. The monoisotopic (exact) mass is 406 g/mol. The summed E-state index contributed by atoms with van der Waals surface area (Å²) in [7, 11) is 1.68. The first-order valence-electron chi connectivity index (χ1n) is 8.61. The van der Waals surface area contributed by atoms with Crippen LogP contribution < -0.4 is 5.32 Å². The van der Waals surface area contributed by atoms with Gasteiger partial charge in [-0.15, -0.1) is 0 Å². The summed E-state index contributed by atoms with van der Waals surface area (Å²) in [5, 5.41) is 4.00. The number of aryl methyl sites for hydroxylation is 1. The highest BCUT2D eigenvalue weighted by atomic mass is 35.5. The summed E-state index contributed by atoms with van der Waals surface area (Å²) in [6.07, 6.45) is 3.50. The molecule has 27 heavy (non-hydrogen) atoms. The number of halogens is 2. The van der Waals surface area contributed by atoms with Crippen LogP contribution in [0.25, 0.3) is 0 Å². The number of rotatable bonds is 6. The van der Waals surface area contributed by atoms with E-state index in [2.05, 4.69) is 15.3 Å². The van der Waals surface area contributed by atoms with Crippen LogP contribution in [-0.2, 0) is 11.2 Å². The Kier molecular flexibility index (Phi) is 6.66. The number of methoxy groups -OCH3 is 1. The molecule has 8 heteroatoms. The van der Waals surface area contributed by atoms with Gasteiger partial charge >= 0.3 is 0 Å². The van der Waals surface area contributed by atoms with Gasteiger partial charge in [0.25, 0.3) is 5.91 Å². The molecule has 0 atom stereocenters. The van der Waals surface area contributed by atoms with Crippen molar-refractivity contribution in [3.05, 3.63) is 57.8 Å². The molecule has 0 bridgehead atoms. The number of nitrogens with one attached hydrogen (secondary N) is 1. The van der Waals surface area contributed by atoms with Crippen molar-refractivity contribution in [2.24, 2.45) is 4.99 Å². The van der Waals surface area contributed by atoms with Crippen molar-refractivity contribution >= 4 is 40.8 Å². The van der Waals surface area contributed by atoms with Crippen LogP contribution in [0.3, 0.4) is 0 Å². The summed E-state index contributed by atoms with van der Waals surface area (Å²) < 4.78 is 5.05. The Morgan fingerprint density at radius 1 is 1.26 bits per heavy atom. The zero-order chi connectivity index (χ0) is 19.2. The number of amides is 1. The van der Waals surface area contributed by atoms with Gasteiger partial charge in [-0.1, -0.05) is 35.3 Å². The number of benzene rings is 1. The van der Waals surface area contributed by atoms with E-state index in [9.17, 15) is 4.79 Å². The maximum atomic E-state index is 12.8. The molecule has 3 rings (SSSR count). The molecule has 0 spiro atoms. The third-order valence-corrected chi connectivity index (χ3v) is 4.77. The van der Waals surface area contributed by atoms with Gasteiger partial charge in [0.15, 0.2) is 0 Å². The van der Waals surface area contributed by atoms with Gasteiger partial charge in [0.2, 0.25) is 5.96 Å². The van der Waals surface area contributed by atoms with Crippen LogP contribution in [0.1, 0.15) is 22.5 Å². The van der Waals surface area contributed by atoms with Crippen molar-refractivity contribution in [1.29, 1.82) is 0 Å². The molecule has 1 aliphatic rings. The fraction of sp³-hybridized carbons (Fsp3) is 0.316. The van der Waals surface area contributed by atoms with Crippen LogP contribution in [0.15, 0.2) is 41.5 Å². The molecule has 1 N–H and O–H groups in total. The van der Waals surface area contributed by atoms with Gasteiger partial charge in [-0.3, -0.25) is 19.7 Å². The molecule has 2 aromatic rings. The molecule has 0 unspecified atom stereocenters. The smallest absolute Gasteiger partial charge is 0.279 e. The van der Waals surface area contributed by atoms with E-state index in [1.807, 2.05) is 6.07 Å². The fourth-order valence-electron chi connectivity index (χ4n) is 2.74. The number of aliphatic imine (C=N–C) groups is 1. The number of aromatic nitrogens is 1. The third kappa shape index (κ3) is 4.77. The minimum atomic E-state index is -0.217. The highest BCUT2D eigenvalue weighted by molar-refractivity contribution is 6.40. The first-order valence-corrected chi connectivity index (χ1v) is 9.37. The maximum absolute atomic E-state index is 12.8. The lowest BCUT2D eigenvalue weighted by atomic mass is 10.1. The molecule has 2 heterocycles. The summed E-state index contributed by atoms with van der Waals surface area (Å²) in [6.45, 7) is 1.68. The van der Waals surface area contributed by atoms with Crippen LogP contribution in [-0.4, -0.2) is 48.6 Å². The van der Waals surface area contributed by atoms with Crippen LogP contribution in [0.4, 0.5) is 5.69 Å². The molecule has 0 saturated carbocycles. The summed E-state index contributed by atoms with van der Waals surface area (Å²) in [5.41, 5.74) is 1.97. The minimum absolute atomic E-state index is 0.217. The Morgan fingerprint density at radius 3 is 2.70 bits per heavy atom. The van der Waals surface area contributed by atoms with Crippen molar-refractivity contribution in [2.75, 3.05) is 32.1 Å². The first-order chi connectivity index (χ1) is 13.1. The van der Waals surface area contributed by atoms with E-state index in [0.717, 1.165) is 18.4 Å². The van der Waals surface area contributed by atoms with Crippen molar-refractivity contribution in [3.63, 3.8) is 0 Å². The number of guanidine groups is 1. The lowest BCUT2D eigenvalue weighted by molar-refractivity contribution is 0.0852. The molecule has 0 radical (unpaired) electrons. The van der Waals surface area contributed by atoms with Gasteiger partial charge in [-0.05, 0) is 36.6 Å². The number of para-hydroxylation sites is 1. The molecule has 1 aromatic carbocycles. The van der Waals surface area contributed by atoms with E-state index in [1.165, 1.54) is 0 Å². The number of hydrogen-bond acceptors (Lipinski definition) is 5. The standard InChI is InChI=1S/C19H20Cl2N4O2/c1-27-11-3-4-13-7-8-16(23-12-13)18(26)25-10-9-22-19(25)24-17-14(20)5-2-6-15(17)21/h2,5-8,12H,3-4,9-11H2,1H3,(H,22,24). The minimum Gasteiger partial charge on any atom is -0.385 e. The number of ether oxygens (including phenoxy) is 1. The van der Waals surface area contributed by atoms with Gasteiger partial charge in [-0.2, -0.15) is 0 Å². The molecule has 1 amide bonds. The summed E-state index contributed by atoms with van der Waals surface area (Å²) in [6, 6.07) is 8.86. The van der Waals surface area contributed by atoms with E-state index >= 15 is 0 Å². The Balaban J connectivity index is 1.70. The Labute approximate surface area is 168 Å². The number of carbonyl (C=O) groups is 1. The van der Waals surface area contributed by atoms with E-state index in [1.54, 1.807) is 42.5 Å². The first kappa shape index (κ1) is 19.6. The number of carbonyl (C=O) groups excluding carboxylic acids is 1. The predicted octanol–water partition coefficient (Wildman–Crippen LogP) is 3.89. The van der Waals surface area contributed by atoms with Crippen LogP contribution >= 0.6 is 23.2 Å². The number of pyridine rings is 1. The summed E-state index contributed by atoms with van der Waals surface area (Å²) >= 11 is 12.4. The number of anilines is 1. The van der Waals surface area contributed by atoms with E-state index in [-0.39, 0.29) is 5.91 Å². The molecule has 0 saturated heterocycles. The highest BCUT2D eigenvalue weighted by Crippen LogP contribution is 2.30. The summed E-state index contributed by atoms with van der Waals surface area (Å²) in [5.74, 6) is 0.200. The third-order valence-electron chi connectivity index (χ3n) is 4.14. The molecular weight excluding hydrogens is 387 g/mol. The van der Waals surface area contributed by atoms with E-state index < -0.39 is 0 Å². The molecule has 142 valence electrons. The Bertz CT molecular complexity index is 820. The normalized spacial score (nSPS) is 13.6. The molecule has 0 aliphatic carbocycles. The maximum Gasteiger partial charge on any atom is 0.279 e. The SMILES string of the molecule is COCCCc1ccc(C(=O)N2CCN=C2Nc2c(Cl)cccc2Cl)nc1. The predicted molar refractivity (Wildman–Crippen MR) is 108 cm³/mol. The second kappa shape index (κ2) is 9.17. The second-order valence-electron chi connectivity index (χ2n) is 6.03. The van der Waals surface area contributed by atoms with Gasteiger partial charge in [-0.25, -0.2) is 0 Å². The average molecular weight is 407 g/mol. The molecule has 1 aromatic heterocycles. The lowest BCUT2D eigenvalue weighted by Crippen LogP contribution is -2.38. The number of hydrogen-bond donors (Lipinski definition) is 1. The topological polar surface area (TPSA) is 66.8 Å².